The highest BCUT2D eigenvalue weighted by molar-refractivity contribution is 6.32. The van der Waals surface area contributed by atoms with Gasteiger partial charge < -0.3 is 14.6 Å². The second-order valence-electron chi connectivity index (χ2n) is 9.81. The van der Waals surface area contributed by atoms with Crippen molar-refractivity contribution in [3.63, 3.8) is 0 Å². The van der Waals surface area contributed by atoms with Crippen molar-refractivity contribution >= 4 is 22.7 Å². The second kappa shape index (κ2) is 9.96. The van der Waals surface area contributed by atoms with Gasteiger partial charge in [0.05, 0.1) is 0 Å². The third-order valence-electron chi connectivity index (χ3n) is 7.19. The summed E-state index contributed by atoms with van der Waals surface area (Å²) in [5, 5.41) is 10.8. The van der Waals surface area contributed by atoms with Crippen LogP contribution in [0.25, 0.3) is 11.1 Å². The Morgan fingerprint density at radius 1 is 1.09 bits per heavy atom. The molecule has 1 fully saturated rings. The molecule has 1 N–H and O–H groups in total. The summed E-state index contributed by atoms with van der Waals surface area (Å²) in [7, 11) is 0. The van der Waals surface area contributed by atoms with Gasteiger partial charge in [0.1, 0.15) is 30.0 Å². The number of phenols is 1. The summed E-state index contributed by atoms with van der Waals surface area (Å²) >= 11 is 6.63. The maximum absolute atomic E-state index is 10.1. The Labute approximate surface area is 212 Å². The van der Waals surface area contributed by atoms with Crippen molar-refractivity contribution < 1.29 is 14.6 Å². The number of ether oxygens (including phenoxy) is 2. The Morgan fingerprint density at radius 3 is 2.57 bits per heavy atom. The predicted octanol–water partition coefficient (Wildman–Crippen LogP) is 7.22. The Balaban J connectivity index is 1.41. The number of likely N-dealkylation sites (tertiary alicyclic amines) is 1. The Bertz CT molecular complexity index is 1240. The molecule has 0 aromatic heterocycles. The van der Waals surface area contributed by atoms with Gasteiger partial charge in [0.25, 0.3) is 0 Å². The van der Waals surface area contributed by atoms with Gasteiger partial charge in [-0.1, -0.05) is 48.9 Å². The maximum atomic E-state index is 10.1. The van der Waals surface area contributed by atoms with E-state index >= 15 is 0 Å². The van der Waals surface area contributed by atoms with Crippen LogP contribution in [0.15, 0.2) is 66.7 Å². The fourth-order valence-electron chi connectivity index (χ4n) is 5.13. The van der Waals surface area contributed by atoms with Crippen LogP contribution in [0.3, 0.4) is 0 Å². The second-order valence-corrected chi connectivity index (χ2v) is 10.2. The van der Waals surface area contributed by atoms with Crippen LogP contribution in [-0.4, -0.2) is 35.7 Å². The molecule has 3 unspecified atom stereocenters. The van der Waals surface area contributed by atoms with Gasteiger partial charge in [-0.25, -0.2) is 0 Å². The van der Waals surface area contributed by atoms with Gasteiger partial charge in [0.2, 0.25) is 0 Å². The van der Waals surface area contributed by atoms with Crippen molar-refractivity contribution in [1.29, 1.82) is 0 Å². The topological polar surface area (TPSA) is 41.9 Å². The quantitative estimate of drug-likeness (QED) is 0.397. The van der Waals surface area contributed by atoms with Crippen molar-refractivity contribution in [1.82, 2.24) is 4.90 Å². The number of allylic oxidation sites excluding steroid dienone is 1. The lowest BCUT2D eigenvalue weighted by Gasteiger charge is -2.31. The van der Waals surface area contributed by atoms with Crippen LogP contribution in [0.2, 0.25) is 5.02 Å². The van der Waals surface area contributed by atoms with Crippen LogP contribution in [0.1, 0.15) is 50.0 Å². The van der Waals surface area contributed by atoms with E-state index in [0.29, 0.717) is 17.7 Å². The molecule has 0 radical (unpaired) electrons. The normalized spacial score (nSPS) is 20.9. The highest BCUT2D eigenvalue weighted by Gasteiger charge is 2.30. The zero-order valence-corrected chi connectivity index (χ0v) is 21.3. The molecule has 0 saturated carbocycles. The van der Waals surface area contributed by atoms with Gasteiger partial charge >= 0.3 is 0 Å². The third-order valence-corrected chi connectivity index (χ3v) is 7.52. The SMILES string of the molecule is CC1=C(c2ccccc2Cl)C(c2ccc(OCC(C)N3CCC(C)C3)cc2)Oc2ccc(O)cc21. The number of benzene rings is 3. The van der Waals surface area contributed by atoms with Gasteiger partial charge in [0.15, 0.2) is 0 Å². The molecule has 3 aromatic rings. The van der Waals surface area contributed by atoms with Crippen LogP contribution < -0.4 is 9.47 Å². The number of hydrogen-bond donors (Lipinski definition) is 1. The highest BCUT2D eigenvalue weighted by atomic mass is 35.5. The van der Waals surface area contributed by atoms with Gasteiger partial charge in [0, 0.05) is 34.3 Å². The third kappa shape index (κ3) is 4.91. The van der Waals surface area contributed by atoms with Gasteiger partial charge in [-0.05, 0) is 80.3 Å². The zero-order chi connectivity index (χ0) is 24.5. The average molecular weight is 490 g/mol. The molecule has 3 atom stereocenters. The summed E-state index contributed by atoms with van der Waals surface area (Å²) in [6.45, 7) is 9.59. The molecular formula is C30H32ClNO3. The Kier molecular flexibility index (Phi) is 6.77. The number of rotatable bonds is 6. The van der Waals surface area contributed by atoms with Crippen molar-refractivity contribution in [2.75, 3.05) is 19.7 Å². The minimum atomic E-state index is -0.328. The standard InChI is InChI=1S/C30H32ClNO3/c1-19-14-15-32(17-19)20(2)18-34-24-11-8-22(9-12-24)30-29(25-6-4-5-7-27(25)31)21(3)26-16-23(33)10-13-28(26)35-30/h4-13,16,19-20,30,33H,14-15,17-18H2,1-3H3. The molecule has 0 aliphatic carbocycles. The Morgan fingerprint density at radius 2 is 1.86 bits per heavy atom. The maximum Gasteiger partial charge on any atom is 0.150 e. The smallest absolute Gasteiger partial charge is 0.150 e. The molecule has 5 heteroatoms. The number of phenolic OH excluding ortho intramolecular Hbond substituents is 1. The Hall–Kier alpha value is -2.95. The van der Waals surface area contributed by atoms with E-state index in [1.807, 2.05) is 42.5 Å². The van der Waals surface area contributed by atoms with Crippen molar-refractivity contribution in [2.24, 2.45) is 5.92 Å². The fourth-order valence-corrected chi connectivity index (χ4v) is 5.37. The number of halogens is 1. The first-order chi connectivity index (χ1) is 16.9. The molecule has 0 amide bonds. The first-order valence-corrected chi connectivity index (χ1v) is 12.7. The number of nitrogens with zero attached hydrogens (tertiary/aromatic N) is 1. The molecule has 35 heavy (non-hydrogen) atoms. The lowest BCUT2D eigenvalue weighted by molar-refractivity contribution is 0.169. The molecule has 4 nitrogen and oxygen atoms in total. The molecule has 5 rings (SSSR count). The summed E-state index contributed by atoms with van der Waals surface area (Å²) in [6.07, 6.45) is 0.940. The lowest BCUT2D eigenvalue weighted by atomic mass is 9.86. The molecule has 0 bridgehead atoms. The van der Waals surface area contributed by atoms with E-state index in [-0.39, 0.29) is 11.9 Å². The molecule has 1 saturated heterocycles. The van der Waals surface area contributed by atoms with Gasteiger partial charge in [-0.15, -0.1) is 0 Å². The monoisotopic (exact) mass is 489 g/mol. The van der Waals surface area contributed by atoms with Crippen molar-refractivity contribution in [2.45, 2.75) is 39.3 Å². The summed E-state index contributed by atoms with van der Waals surface area (Å²) in [5.41, 5.74) is 4.86. The summed E-state index contributed by atoms with van der Waals surface area (Å²) < 4.78 is 12.6. The molecule has 2 aliphatic heterocycles. The summed E-state index contributed by atoms with van der Waals surface area (Å²) in [5.74, 6) is 2.58. The molecule has 0 spiro atoms. The van der Waals surface area contributed by atoms with Crippen molar-refractivity contribution in [3.8, 4) is 17.2 Å². The van der Waals surface area contributed by atoms with Crippen LogP contribution >= 0.6 is 11.6 Å². The van der Waals surface area contributed by atoms with Crippen LogP contribution in [0.4, 0.5) is 0 Å². The number of fused-ring (bicyclic) bond motifs is 1. The van der Waals surface area contributed by atoms with E-state index < -0.39 is 0 Å². The van der Waals surface area contributed by atoms with E-state index in [2.05, 4.69) is 37.8 Å². The van der Waals surface area contributed by atoms with E-state index in [1.54, 1.807) is 12.1 Å². The molecule has 2 heterocycles. The largest absolute Gasteiger partial charge is 0.508 e. The molecule has 182 valence electrons. The predicted molar refractivity (Wildman–Crippen MR) is 142 cm³/mol. The minimum Gasteiger partial charge on any atom is -0.508 e. The molecule has 3 aromatic carbocycles. The van der Waals surface area contributed by atoms with Crippen LogP contribution in [0, 0.1) is 5.92 Å². The number of hydrogen-bond acceptors (Lipinski definition) is 4. The fraction of sp³-hybridized carbons (Fsp3) is 0.333. The number of aromatic hydroxyl groups is 1. The van der Waals surface area contributed by atoms with E-state index in [4.69, 9.17) is 21.1 Å². The van der Waals surface area contributed by atoms with Crippen LogP contribution in [-0.2, 0) is 0 Å². The van der Waals surface area contributed by atoms with E-state index in [9.17, 15) is 5.11 Å². The van der Waals surface area contributed by atoms with Crippen LogP contribution in [0.5, 0.6) is 17.2 Å². The van der Waals surface area contributed by atoms with Gasteiger partial charge in [-0.3, -0.25) is 4.90 Å². The average Bonchev–Trinajstić information content (AvgIpc) is 3.30. The summed E-state index contributed by atoms with van der Waals surface area (Å²) in [4.78, 5) is 2.51. The zero-order valence-electron chi connectivity index (χ0n) is 20.5. The van der Waals surface area contributed by atoms with E-state index in [1.165, 1.54) is 6.42 Å². The molecule has 2 aliphatic rings. The first-order valence-electron chi connectivity index (χ1n) is 12.3. The highest BCUT2D eigenvalue weighted by Crippen LogP contribution is 2.48. The van der Waals surface area contributed by atoms with E-state index in [0.717, 1.165) is 58.3 Å². The van der Waals surface area contributed by atoms with Crippen molar-refractivity contribution in [3.05, 3.63) is 88.4 Å². The first kappa shape index (κ1) is 23.8. The lowest BCUT2D eigenvalue weighted by Crippen LogP contribution is -2.35. The molecular weight excluding hydrogens is 458 g/mol. The minimum absolute atomic E-state index is 0.211. The summed E-state index contributed by atoms with van der Waals surface area (Å²) in [6, 6.07) is 21.6. The van der Waals surface area contributed by atoms with Gasteiger partial charge in [-0.2, -0.15) is 0 Å².